The molecule has 4 rings (SSSR count). The third kappa shape index (κ3) is 3.76. The van der Waals surface area contributed by atoms with E-state index in [1.54, 1.807) is 6.92 Å². The van der Waals surface area contributed by atoms with Crippen molar-refractivity contribution in [2.24, 2.45) is 17.8 Å². The summed E-state index contributed by atoms with van der Waals surface area (Å²) < 4.78 is 12.1. The van der Waals surface area contributed by atoms with E-state index in [2.05, 4.69) is 5.32 Å². The van der Waals surface area contributed by atoms with Gasteiger partial charge in [0.15, 0.2) is 0 Å². The molecule has 0 saturated carbocycles. The first-order valence-corrected chi connectivity index (χ1v) is 12.7. The molecule has 0 aliphatic carbocycles. The van der Waals surface area contributed by atoms with Gasteiger partial charge in [-0.2, -0.15) is 0 Å². The molecule has 6 atom stereocenters. The summed E-state index contributed by atoms with van der Waals surface area (Å²) in [4.78, 5) is 42.8. The number of carbonyl (C=O) groups excluding carboxylic acids is 3. The molecular weight excluding hydrogens is 448 g/mol. The van der Waals surface area contributed by atoms with Crippen molar-refractivity contribution in [2.45, 2.75) is 84.1 Å². The van der Waals surface area contributed by atoms with E-state index in [0.717, 1.165) is 11.1 Å². The van der Waals surface area contributed by atoms with Crippen molar-refractivity contribution in [3.63, 3.8) is 0 Å². The predicted molar refractivity (Wildman–Crippen MR) is 131 cm³/mol. The summed E-state index contributed by atoms with van der Waals surface area (Å²) in [5, 5.41) is 13.3. The van der Waals surface area contributed by atoms with Crippen LogP contribution < -0.4 is 5.32 Å². The number of likely N-dealkylation sites (tertiary alicyclic amines) is 1. The summed E-state index contributed by atoms with van der Waals surface area (Å²) in [6.45, 7) is 11.3. The van der Waals surface area contributed by atoms with Gasteiger partial charge in [0.2, 0.25) is 11.8 Å². The molecule has 192 valence electrons. The number of amides is 2. The molecule has 3 heterocycles. The van der Waals surface area contributed by atoms with Crippen molar-refractivity contribution in [1.29, 1.82) is 0 Å². The van der Waals surface area contributed by atoms with E-state index in [1.165, 1.54) is 4.90 Å². The van der Waals surface area contributed by atoms with Gasteiger partial charge in [0.25, 0.3) is 0 Å². The maximum absolute atomic E-state index is 14.1. The van der Waals surface area contributed by atoms with E-state index in [1.807, 2.05) is 52.8 Å². The highest BCUT2D eigenvalue weighted by molar-refractivity contribution is 6.04. The second-order valence-electron chi connectivity index (χ2n) is 10.6. The molecule has 3 saturated heterocycles. The van der Waals surface area contributed by atoms with E-state index >= 15 is 0 Å². The van der Waals surface area contributed by atoms with Crippen LogP contribution in [-0.2, 0) is 23.9 Å². The van der Waals surface area contributed by atoms with Crippen LogP contribution in [0.1, 0.15) is 58.1 Å². The van der Waals surface area contributed by atoms with Crippen LogP contribution in [0.4, 0.5) is 5.69 Å². The first-order chi connectivity index (χ1) is 16.6. The molecular formula is C27H38N2O6. The highest BCUT2D eigenvalue weighted by Gasteiger charge is 2.79. The van der Waals surface area contributed by atoms with Crippen LogP contribution in [0.2, 0.25) is 0 Å². The second kappa shape index (κ2) is 9.21. The van der Waals surface area contributed by atoms with Crippen LogP contribution in [0.5, 0.6) is 0 Å². The SMILES string of the molecule is CCOC(=O)[C@@H]1[C@H]2C(=O)N([C@@H](CO)C(C)C)C(C(=O)Nc3cc(C)ccc3C)C23CC[C@@]1(CC)O3. The van der Waals surface area contributed by atoms with Crippen LogP contribution in [0.3, 0.4) is 0 Å². The van der Waals surface area contributed by atoms with Gasteiger partial charge in [-0.25, -0.2) is 0 Å². The lowest BCUT2D eigenvalue weighted by molar-refractivity contribution is -0.161. The van der Waals surface area contributed by atoms with Gasteiger partial charge >= 0.3 is 5.97 Å². The van der Waals surface area contributed by atoms with E-state index < -0.39 is 41.1 Å². The number of aliphatic hydroxyl groups is 1. The summed E-state index contributed by atoms with van der Waals surface area (Å²) in [7, 11) is 0. The molecule has 3 aliphatic heterocycles. The number of nitrogens with zero attached hydrogens (tertiary/aromatic N) is 1. The predicted octanol–water partition coefficient (Wildman–Crippen LogP) is 2.98. The topological polar surface area (TPSA) is 105 Å². The number of rotatable bonds is 8. The Labute approximate surface area is 207 Å². The fraction of sp³-hybridized carbons (Fsp3) is 0.667. The Morgan fingerprint density at radius 2 is 1.97 bits per heavy atom. The van der Waals surface area contributed by atoms with Gasteiger partial charge in [-0.3, -0.25) is 14.4 Å². The average molecular weight is 487 g/mol. The molecule has 2 N–H and O–H groups in total. The van der Waals surface area contributed by atoms with Gasteiger partial charge in [-0.1, -0.05) is 32.9 Å². The molecule has 0 radical (unpaired) electrons. The Morgan fingerprint density at radius 3 is 2.57 bits per heavy atom. The van der Waals surface area contributed by atoms with Crippen LogP contribution in [-0.4, -0.2) is 64.3 Å². The van der Waals surface area contributed by atoms with Crippen LogP contribution in [0, 0.1) is 31.6 Å². The summed E-state index contributed by atoms with van der Waals surface area (Å²) in [5.41, 5.74) is 0.606. The lowest BCUT2D eigenvalue weighted by atomic mass is 9.65. The molecule has 3 aliphatic rings. The Bertz CT molecular complexity index is 1020. The van der Waals surface area contributed by atoms with Crippen molar-refractivity contribution in [3.8, 4) is 0 Å². The number of hydrogen-bond donors (Lipinski definition) is 2. The zero-order chi connectivity index (χ0) is 25.7. The molecule has 35 heavy (non-hydrogen) atoms. The van der Waals surface area contributed by atoms with Gasteiger partial charge in [0.05, 0.1) is 30.8 Å². The number of hydrogen-bond acceptors (Lipinski definition) is 6. The maximum Gasteiger partial charge on any atom is 0.312 e. The van der Waals surface area contributed by atoms with Gasteiger partial charge in [-0.15, -0.1) is 0 Å². The van der Waals surface area contributed by atoms with E-state index in [4.69, 9.17) is 9.47 Å². The number of aryl methyl sites for hydroxylation is 2. The summed E-state index contributed by atoms with van der Waals surface area (Å²) >= 11 is 0. The van der Waals surface area contributed by atoms with Crippen molar-refractivity contribution in [1.82, 2.24) is 4.90 Å². The molecule has 8 heteroatoms. The lowest BCUT2D eigenvalue weighted by Gasteiger charge is -2.38. The van der Waals surface area contributed by atoms with Crippen LogP contribution >= 0.6 is 0 Å². The van der Waals surface area contributed by atoms with E-state index in [9.17, 15) is 19.5 Å². The first kappa shape index (κ1) is 25.6. The molecule has 2 amide bonds. The van der Waals surface area contributed by atoms with Gasteiger partial charge < -0.3 is 24.8 Å². The largest absolute Gasteiger partial charge is 0.466 e. The van der Waals surface area contributed by atoms with Gasteiger partial charge in [0.1, 0.15) is 17.6 Å². The number of aliphatic hydroxyl groups excluding tert-OH is 1. The average Bonchev–Trinajstić information content (AvgIpc) is 3.41. The number of ether oxygens (including phenoxy) is 2. The third-order valence-electron chi connectivity index (χ3n) is 8.37. The minimum atomic E-state index is -1.14. The van der Waals surface area contributed by atoms with Crippen molar-refractivity contribution in [3.05, 3.63) is 29.3 Å². The summed E-state index contributed by atoms with van der Waals surface area (Å²) in [6, 6.07) is 4.27. The lowest BCUT2D eigenvalue weighted by Crippen LogP contribution is -2.57. The monoisotopic (exact) mass is 486 g/mol. The summed E-state index contributed by atoms with van der Waals surface area (Å²) in [5.74, 6) is -2.82. The molecule has 0 aromatic heterocycles. The smallest absolute Gasteiger partial charge is 0.312 e. The van der Waals surface area contributed by atoms with Crippen molar-refractivity contribution < 1.29 is 29.0 Å². The number of carbonyl (C=O) groups is 3. The zero-order valence-electron chi connectivity index (χ0n) is 21.6. The van der Waals surface area contributed by atoms with Gasteiger partial charge in [0, 0.05) is 5.69 Å². The maximum atomic E-state index is 14.1. The molecule has 1 aromatic carbocycles. The minimum absolute atomic E-state index is 0.103. The Hall–Kier alpha value is -2.45. The van der Waals surface area contributed by atoms with Gasteiger partial charge in [-0.05, 0) is 63.1 Å². The molecule has 3 fully saturated rings. The normalized spacial score (nSPS) is 32.2. The Kier molecular flexibility index (Phi) is 6.74. The molecule has 2 bridgehead atoms. The van der Waals surface area contributed by atoms with Crippen molar-refractivity contribution in [2.75, 3.05) is 18.5 Å². The first-order valence-electron chi connectivity index (χ1n) is 12.7. The van der Waals surface area contributed by atoms with Crippen molar-refractivity contribution >= 4 is 23.5 Å². The zero-order valence-corrected chi connectivity index (χ0v) is 21.6. The molecule has 2 unspecified atom stereocenters. The number of fused-ring (bicyclic) bond motifs is 1. The Morgan fingerprint density at radius 1 is 1.26 bits per heavy atom. The molecule has 8 nitrogen and oxygen atoms in total. The molecule has 1 aromatic rings. The number of benzene rings is 1. The minimum Gasteiger partial charge on any atom is -0.466 e. The van der Waals surface area contributed by atoms with Crippen LogP contribution in [0.15, 0.2) is 18.2 Å². The highest BCUT2D eigenvalue weighted by Crippen LogP contribution is 2.64. The number of anilines is 1. The quantitative estimate of drug-likeness (QED) is 0.548. The fourth-order valence-corrected chi connectivity index (χ4v) is 6.60. The number of esters is 1. The van der Waals surface area contributed by atoms with E-state index in [-0.39, 0.29) is 30.9 Å². The molecule has 1 spiro atoms. The fourth-order valence-electron chi connectivity index (χ4n) is 6.60. The van der Waals surface area contributed by atoms with Crippen LogP contribution in [0.25, 0.3) is 0 Å². The third-order valence-corrected chi connectivity index (χ3v) is 8.37. The highest BCUT2D eigenvalue weighted by atomic mass is 16.6. The number of nitrogens with one attached hydrogen (secondary N) is 1. The second-order valence-corrected chi connectivity index (χ2v) is 10.6. The van der Waals surface area contributed by atoms with E-state index in [0.29, 0.717) is 24.9 Å². The summed E-state index contributed by atoms with van der Waals surface area (Å²) in [6.07, 6.45) is 1.61. The Balaban J connectivity index is 1.82. The standard InChI is InChI=1S/C27H38N2O6/c1-7-26-11-12-27(35-26)20(21(26)25(33)34-8-2)24(32)29(19(14-30)15(3)4)22(27)23(31)28-18-13-16(5)9-10-17(18)6/h9-10,13,15,19-22,30H,7-8,11-12,14H2,1-6H3,(H,28,31)/t19-,20-,21-,22?,26+,27?/m0/s1.